The van der Waals surface area contributed by atoms with Crippen molar-refractivity contribution in [2.45, 2.75) is 82.8 Å². The predicted octanol–water partition coefficient (Wildman–Crippen LogP) is 4.80. The lowest BCUT2D eigenvalue weighted by Gasteiger charge is -2.46. The van der Waals surface area contributed by atoms with Crippen LogP contribution < -0.4 is 5.32 Å². The van der Waals surface area contributed by atoms with Crippen molar-refractivity contribution in [3.8, 4) is 0 Å². The molecule has 1 aliphatic rings. The molecular weight excluding hydrogens is 250 g/mol. The Hall–Kier alpha value is 0.310. The van der Waals surface area contributed by atoms with Gasteiger partial charge >= 0.3 is 0 Å². The van der Waals surface area contributed by atoms with Crippen LogP contribution in [-0.2, 0) is 0 Å². The Morgan fingerprint density at radius 3 is 1.95 bits per heavy atom. The van der Waals surface area contributed by atoms with Gasteiger partial charge in [0, 0.05) is 6.04 Å². The highest BCUT2D eigenvalue weighted by atomic mass is 32.3. The first-order chi connectivity index (χ1) is 8.91. The first-order valence-corrected chi connectivity index (χ1v) is 10.7. The SMILES string of the molecule is CNC(CCS(C)(C(C)C)C(C)C)C1CCCCC1. The van der Waals surface area contributed by atoms with Crippen molar-refractivity contribution in [1.82, 2.24) is 5.32 Å². The molecule has 0 aromatic rings. The molecule has 2 heteroatoms. The topological polar surface area (TPSA) is 12.0 Å². The Morgan fingerprint density at radius 1 is 1.00 bits per heavy atom. The minimum atomic E-state index is -0.456. The fourth-order valence-electron chi connectivity index (χ4n) is 3.55. The van der Waals surface area contributed by atoms with E-state index in [1.54, 1.807) is 0 Å². The Balaban J connectivity index is 2.55. The van der Waals surface area contributed by atoms with Gasteiger partial charge in [0.2, 0.25) is 0 Å². The quantitative estimate of drug-likeness (QED) is 0.709. The van der Waals surface area contributed by atoms with Gasteiger partial charge in [-0.25, -0.2) is 10.0 Å². The molecule has 0 radical (unpaired) electrons. The zero-order valence-electron chi connectivity index (χ0n) is 14.2. The van der Waals surface area contributed by atoms with E-state index in [4.69, 9.17) is 0 Å². The minimum Gasteiger partial charge on any atom is -0.317 e. The first kappa shape index (κ1) is 17.4. The van der Waals surface area contributed by atoms with Crippen LogP contribution in [0.5, 0.6) is 0 Å². The maximum absolute atomic E-state index is 3.64. The summed E-state index contributed by atoms with van der Waals surface area (Å²) in [4.78, 5) is 0. The van der Waals surface area contributed by atoms with E-state index in [0.29, 0.717) is 0 Å². The minimum absolute atomic E-state index is 0.456. The standard InChI is InChI=1S/C17H37NS/c1-14(2)19(6,15(3)4)13-12-17(18-5)16-10-8-7-9-11-16/h14-18H,7-13H2,1-6H3. The summed E-state index contributed by atoms with van der Waals surface area (Å²) in [6.07, 6.45) is 11.3. The largest absolute Gasteiger partial charge is 0.317 e. The summed E-state index contributed by atoms with van der Waals surface area (Å²) in [5, 5.41) is 5.35. The van der Waals surface area contributed by atoms with Crippen molar-refractivity contribution < 1.29 is 0 Å². The Morgan fingerprint density at radius 2 is 1.53 bits per heavy atom. The fraction of sp³-hybridized carbons (Fsp3) is 1.00. The second-order valence-electron chi connectivity index (χ2n) is 7.11. The smallest absolute Gasteiger partial charge is 0.00996 e. The van der Waals surface area contributed by atoms with Crippen LogP contribution >= 0.6 is 10.0 Å². The van der Waals surface area contributed by atoms with Crippen LogP contribution in [0.3, 0.4) is 0 Å². The maximum atomic E-state index is 3.64. The summed E-state index contributed by atoms with van der Waals surface area (Å²) in [7, 11) is 1.72. The second-order valence-corrected chi connectivity index (χ2v) is 11.9. The van der Waals surface area contributed by atoms with Gasteiger partial charge in [-0.1, -0.05) is 47.0 Å². The van der Waals surface area contributed by atoms with E-state index in [0.717, 1.165) is 22.5 Å². The molecule has 1 rings (SSSR count). The lowest BCUT2D eigenvalue weighted by Crippen LogP contribution is -2.37. The fourth-order valence-corrected chi connectivity index (χ4v) is 6.34. The molecule has 0 bridgehead atoms. The molecule has 1 unspecified atom stereocenters. The molecule has 1 nitrogen and oxygen atoms in total. The molecular formula is C17H37NS. The summed E-state index contributed by atoms with van der Waals surface area (Å²) in [6.45, 7) is 9.74. The summed E-state index contributed by atoms with van der Waals surface area (Å²) in [6, 6.07) is 0.768. The van der Waals surface area contributed by atoms with Crippen molar-refractivity contribution in [1.29, 1.82) is 0 Å². The molecule has 1 fully saturated rings. The highest BCUT2D eigenvalue weighted by Crippen LogP contribution is 2.54. The second kappa shape index (κ2) is 7.93. The van der Waals surface area contributed by atoms with Crippen LogP contribution in [0.4, 0.5) is 0 Å². The Kier molecular flexibility index (Phi) is 7.24. The third-order valence-electron chi connectivity index (χ3n) is 5.61. The lowest BCUT2D eigenvalue weighted by molar-refractivity contribution is 0.274. The monoisotopic (exact) mass is 287 g/mol. The van der Waals surface area contributed by atoms with E-state index >= 15 is 0 Å². The van der Waals surface area contributed by atoms with Gasteiger partial charge in [0.15, 0.2) is 0 Å². The molecule has 0 aromatic heterocycles. The van der Waals surface area contributed by atoms with Crippen LogP contribution in [0.2, 0.25) is 0 Å². The van der Waals surface area contributed by atoms with Gasteiger partial charge in [0.25, 0.3) is 0 Å². The molecule has 0 aromatic carbocycles. The van der Waals surface area contributed by atoms with Gasteiger partial charge < -0.3 is 5.32 Å². The van der Waals surface area contributed by atoms with Gasteiger partial charge in [0.1, 0.15) is 0 Å². The van der Waals surface area contributed by atoms with Crippen LogP contribution in [0, 0.1) is 5.92 Å². The van der Waals surface area contributed by atoms with Crippen molar-refractivity contribution in [3.05, 3.63) is 0 Å². The van der Waals surface area contributed by atoms with Crippen LogP contribution in [0.15, 0.2) is 0 Å². The molecule has 0 aliphatic heterocycles. The number of nitrogens with one attached hydrogen (secondary N) is 1. The van der Waals surface area contributed by atoms with E-state index < -0.39 is 10.0 Å². The highest BCUT2D eigenvalue weighted by molar-refractivity contribution is 8.34. The van der Waals surface area contributed by atoms with Crippen LogP contribution in [-0.4, -0.2) is 35.6 Å². The molecule has 1 saturated carbocycles. The molecule has 116 valence electrons. The molecule has 0 heterocycles. The van der Waals surface area contributed by atoms with Gasteiger partial charge in [0.05, 0.1) is 0 Å². The predicted molar refractivity (Wildman–Crippen MR) is 92.7 cm³/mol. The average molecular weight is 288 g/mol. The molecule has 1 aliphatic carbocycles. The first-order valence-electron chi connectivity index (χ1n) is 8.32. The van der Waals surface area contributed by atoms with E-state index in [9.17, 15) is 0 Å². The molecule has 1 N–H and O–H groups in total. The van der Waals surface area contributed by atoms with Gasteiger partial charge in [-0.3, -0.25) is 0 Å². The normalized spacial score (nSPS) is 21.1. The van der Waals surface area contributed by atoms with Gasteiger partial charge in [-0.05, 0) is 54.7 Å². The van der Waals surface area contributed by atoms with E-state index in [-0.39, 0.29) is 0 Å². The zero-order chi connectivity index (χ0) is 14.5. The number of hydrogen-bond acceptors (Lipinski definition) is 1. The lowest BCUT2D eigenvalue weighted by atomic mass is 9.83. The van der Waals surface area contributed by atoms with E-state index in [1.807, 2.05) is 0 Å². The molecule has 19 heavy (non-hydrogen) atoms. The third kappa shape index (κ3) is 4.67. The average Bonchev–Trinajstić information content (AvgIpc) is 2.39. The maximum Gasteiger partial charge on any atom is 0.00996 e. The molecule has 0 spiro atoms. The third-order valence-corrected chi connectivity index (χ3v) is 11.0. The molecule has 0 amide bonds. The summed E-state index contributed by atoms with van der Waals surface area (Å²) in [5.74, 6) is 2.39. The van der Waals surface area contributed by atoms with Crippen molar-refractivity contribution in [2.75, 3.05) is 19.1 Å². The van der Waals surface area contributed by atoms with Gasteiger partial charge in [-0.15, -0.1) is 0 Å². The summed E-state index contributed by atoms with van der Waals surface area (Å²) in [5.41, 5.74) is 0. The zero-order valence-corrected chi connectivity index (χ0v) is 15.0. The Bertz CT molecular complexity index is 236. The molecule has 1 atom stereocenters. The number of hydrogen-bond donors (Lipinski definition) is 1. The highest BCUT2D eigenvalue weighted by Gasteiger charge is 2.29. The van der Waals surface area contributed by atoms with E-state index in [2.05, 4.69) is 46.3 Å². The van der Waals surface area contributed by atoms with Crippen LogP contribution in [0.25, 0.3) is 0 Å². The Labute approximate surface area is 123 Å². The van der Waals surface area contributed by atoms with Gasteiger partial charge in [-0.2, -0.15) is 0 Å². The van der Waals surface area contributed by atoms with Crippen molar-refractivity contribution >= 4 is 10.0 Å². The summed E-state index contributed by atoms with van der Waals surface area (Å²) >= 11 is 0. The van der Waals surface area contributed by atoms with Crippen LogP contribution in [0.1, 0.15) is 66.2 Å². The van der Waals surface area contributed by atoms with E-state index in [1.165, 1.54) is 44.3 Å². The number of rotatable bonds is 7. The van der Waals surface area contributed by atoms with Crippen molar-refractivity contribution in [3.63, 3.8) is 0 Å². The summed E-state index contributed by atoms with van der Waals surface area (Å²) < 4.78 is 0. The van der Waals surface area contributed by atoms with Crippen molar-refractivity contribution in [2.24, 2.45) is 5.92 Å². The molecule has 0 saturated heterocycles.